The zero-order valence-corrected chi connectivity index (χ0v) is 8.49. The summed E-state index contributed by atoms with van der Waals surface area (Å²) in [5.41, 5.74) is 2.46. The number of rotatable bonds is 3. The number of halogens is 1. The summed E-state index contributed by atoms with van der Waals surface area (Å²) in [5, 5.41) is 0.858. The van der Waals surface area contributed by atoms with E-state index in [-0.39, 0.29) is 0 Å². The molecule has 0 spiro atoms. The molecular weight excluding hydrogens is 168 g/mol. The Labute approximate surface area is 79.6 Å². The van der Waals surface area contributed by atoms with E-state index in [4.69, 9.17) is 11.6 Å². The third kappa shape index (κ3) is 2.53. The highest BCUT2D eigenvalue weighted by Gasteiger charge is 2.23. The van der Waals surface area contributed by atoms with E-state index in [1.54, 1.807) is 0 Å². The molecule has 0 nitrogen and oxygen atoms in total. The fourth-order valence-corrected chi connectivity index (χ4v) is 1.18. The molecule has 0 amide bonds. The molecule has 0 saturated heterocycles. The van der Waals surface area contributed by atoms with Crippen molar-refractivity contribution in [3.8, 4) is 0 Å². The molecule has 0 aromatic carbocycles. The Morgan fingerprint density at radius 1 is 1.42 bits per heavy atom. The Morgan fingerprint density at radius 2 is 2.00 bits per heavy atom. The molecule has 1 rings (SSSR count). The maximum absolute atomic E-state index is 6.02. The van der Waals surface area contributed by atoms with Gasteiger partial charge in [-0.2, -0.15) is 0 Å². The molecule has 1 fully saturated rings. The molecule has 1 aliphatic rings. The van der Waals surface area contributed by atoms with Crippen LogP contribution >= 0.6 is 11.6 Å². The van der Waals surface area contributed by atoms with Gasteiger partial charge in [0, 0.05) is 5.03 Å². The van der Waals surface area contributed by atoms with Crippen LogP contribution in [0.2, 0.25) is 0 Å². The summed E-state index contributed by atoms with van der Waals surface area (Å²) in [6.07, 6.45) is 6.56. The second kappa shape index (κ2) is 3.95. The van der Waals surface area contributed by atoms with Crippen LogP contribution in [0.1, 0.15) is 26.7 Å². The fourth-order valence-electron chi connectivity index (χ4n) is 1.05. The Kier molecular flexibility index (Phi) is 3.16. The van der Waals surface area contributed by atoms with E-state index < -0.39 is 0 Å². The van der Waals surface area contributed by atoms with E-state index in [1.165, 1.54) is 18.4 Å². The van der Waals surface area contributed by atoms with Crippen LogP contribution in [-0.4, -0.2) is 0 Å². The molecule has 0 bridgehead atoms. The van der Waals surface area contributed by atoms with Crippen LogP contribution in [0.4, 0.5) is 0 Å². The second-order valence-electron chi connectivity index (χ2n) is 3.47. The highest BCUT2D eigenvalue weighted by Crippen LogP contribution is 2.37. The van der Waals surface area contributed by atoms with E-state index in [0.717, 1.165) is 16.5 Å². The van der Waals surface area contributed by atoms with Crippen molar-refractivity contribution in [1.29, 1.82) is 0 Å². The van der Waals surface area contributed by atoms with Gasteiger partial charge in [-0.3, -0.25) is 0 Å². The summed E-state index contributed by atoms with van der Waals surface area (Å²) in [4.78, 5) is 0. The summed E-state index contributed by atoms with van der Waals surface area (Å²) < 4.78 is 0. The van der Waals surface area contributed by atoms with Crippen molar-refractivity contribution in [2.75, 3.05) is 0 Å². The molecule has 1 aliphatic carbocycles. The van der Waals surface area contributed by atoms with E-state index in [1.807, 2.05) is 26.0 Å². The lowest BCUT2D eigenvalue weighted by Crippen LogP contribution is -1.81. The topological polar surface area (TPSA) is 0 Å². The Hall–Kier alpha value is -0.490. The van der Waals surface area contributed by atoms with Gasteiger partial charge in [0.25, 0.3) is 0 Å². The zero-order chi connectivity index (χ0) is 9.14. The van der Waals surface area contributed by atoms with Crippen molar-refractivity contribution < 1.29 is 0 Å². The summed E-state index contributed by atoms with van der Waals surface area (Å²) in [6.45, 7) is 7.83. The first-order valence-electron chi connectivity index (χ1n) is 4.32. The SMILES string of the molecule is C=C/C(=C\C(Cl)=C(C)C)C1CC1. The molecule has 0 aromatic heterocycles. The van der Waals surface area contributed by atoms with Gasteiger partial charge < -0.3 is 0 Å². The third-order valence-electron chi connectivity index (χ3n) is 2.06. The molecule has 0 aliphatic heterocycles. The Bertz CT molecular complexity index is 238. The first-order chi connectivity index (χ1) is 5.65. The van der Waals surface area contributed by atoms with Crippen molar-refractivity contribution in [1.82, 2.24) is 0 Å². The van der Waals surface area contributed by atoms with Crippen molar-refractivity contribution in [2.45, 2.75) is 26.7 Å². The highest BCUT2D eigenvalue weighted by atomic mass is 35.5. The smallest absolute Gasteiger partial charge is 0.0395 e. The van der Waals surface area contributed by atoms with Gasteiger partial charge in [0.15, 0.2) is 0 Å². The molecule has 0 radical (unpaired) electrons. The third-order valence-corrected chi connectivity index (χ3v) is 2.54. The molecule has 0 heterocycles. The predicted molar refractivity (Wildman–Crippen MR) is 55.2 cm³/mol. The maximum Gasteiger partial charge on any atom is 0.0395 e. The lowest BCUT2D eigenvalue weighted by Gasteiger charge is -1.99. The van der Waals surface area contributed by atoms with Gasteiger partial charge in [-0.15, -0.1) is 0 Å². The van der Waals surface area contributed by atoms with Crippen LogP contribution in [0.15, 0.2) is 34.9 Å². The standard InChI is InChI=1S/C11H15Cl/c1-4-9(10-5-6-10)7-11(12)8(2)3/h4,7,10H,1,5-6H2,2-3H3/b9-7+. The largest absolute Gasteiger partial charge is 0.0988 e. The van der Waals surface area contributed by atoms with Crippen molar-refractivity contribution in [3.63, 3.8) is 0 Å². The van der Waals surface area contributed by atoms with E-state index in [0.29, 0.717) is 0 Å². The van der Waals surface area contributed by atoms with E-state index in [2.05, 4.69) is 6.58 Å². The molecule has 1 heteroatoms. The van der Waals surface area contributed by atoms with Gasteiger partial charge >= 0.3 is 0 Å². The summed E-state index contributed by atoms with van der Waals surface area (Å²) in [7, 11) is 0. The van der Waals surface area contributed by atoms with Crippen LogP contribution < -0.4 is 0 Å². The molecule has 0 aromatic rings. The van der Waals surface area contributed by atoms with Gasteiger partial charge in [0.1, 0.15) is 0 Å². The maximum atomic E-state index is 6.02. The van der Waals surface area contributed by atoms with Crippen LogP contribution in [-0.2, 0) is 0 Å². The summed E-state index contributed by atoms with van der Waals surface area (Å²) in [6, 6.07) is 0. The number of allylic oxidation sites excluding steroid dienone is 5. The summed E-state index contributed by atoms with van der Waals surface area (Å²) in [5.74, 6) is 0.732. The molecule has 0 N–H and O–H groups in total. The molecule has 0 atom stereocenters. The predicted octanol–water partition coefficient (Wildman–Crippen LogP) is 4.04. The van der Waals surface area contributed by atoms with Crippen LogP contribution in [0.25, 0.3) is 0 Å². The Balaban J connectivity index is 2.76. The minimum atomic E-state index is 0.732. The van der Waals surface area contributed by atoms with Crippen LogP contribution in [0.5, 0.6) is 0 Å². The fraction of sp³-hybridized carbons (Fsp3) is 0.455. The second-order valence-corrected chi connectivity index (χ2v) is 3.88. The van der Waals surface area contributed by atoms with Crippen molar-refractivity contribution in [2.24, 2.45) is 5.92 Å². The molecule has 1 saturated carbocycles. The minimum absolute atomic E-state index is 0.732. The first kappa shape index (κ1) is 9.60. The van der Waals surface area contributed by atoms with E-state index >= 15 is 0 Å². The van der Waals surface area contributed by atoms with Gasteiger partial charge in [-0.25, -0.2) is 0 Å². The first-order valence-corrected chi connectivity index (χ1v) is 4.70. The zero-order valence-electron chi connectivity index (χ0n) is 7.73. The Morgan fingerprint density at radius 3 is 2.33 bits per heavy atom. The monoisotopic (exact) mass is 182 g/mol. The van der Waals surface area contributed by atoms with Crippen molar-refractivity contribution >= 4 is 11.6 Å². The highest BCUT2D eigenvalue weighted by molar-refractivity contribution is 6.31. The minimum Gasteiger partial charge on any atom is -0.0988 e. The van der Waals surface area contributed by atoms with Crippen molar-refractivity contribution in [3.05, 3.63) is 34.9 Å². The van der Waals surface area contributed by atoms with Crippen LogP contribution in [0, 0.1) is 5.92 Å². The average Bonchev–Trinajstić information content (AvgIpc) is 2.82. The molecule has 0 unspecified atom stereocenters. The van der Waals surface area contributed by atoms with E-state index in [9.17, 15) is 0 Å². The lowest BCUT2D eigenvalue weighted by atomic mass is 10.1. The van der Waals surface area contributed by atoms with Gasteiger partial charge in [0.2, 0.25) is 0 Å². The number of hydrogen-bond donors (Lipinski definition) is 0. The quantitative estimate of drug-likeness (QED) is 0.578. The normalized spacial score (nSPS) is 17.4. The molecular formula is C11H15Cl. The molecule has 12 heavy (non-hydrogen) atoms. The van der Waals surface area contributed by atoms with Gasteiger partial charge in [0.05, 0.1) is 0 Å². The van der Waals surface area contributed by atoms with Gasteiger partial charge in [-0.05, 0) is 44.3 Å². The lowest BCUT2D eigenvalue weighted by molar-refractivity contribution is 1.05. The van der Waals surface area contributed by atoms with Gasteiger partial charge in [-0.1, -0.05) is 29.8 Å². The average molecular weight is 183 g/mol. The molecule has 66 valence electrons. The number of hydrogen-bond acceptors (Lipinski definition) is 0. The summed E-state index contributed by atoms with van der Waals surface area (Å²) >= 11 is 6.02. The van der Waals surface area contributed by atoms with Crippen LogP contribution in [0.3, 0.4) is 0 Å².